The van der Waals surface area contributed by atoms with E-state index in [9.17, 15) is 14.4 Å². The summed E-state index contributed by atoms with van der Waals surface area (Å²) >= 11 is 0. The van der Waals surface area contributed by atoms with Crippen LogP contribution in [-0.4, -0.2) is 64.5 Å². The molecule has 3 aliphatic rings. The summed E-state index contributed by atoms with van der Waals surface area (Å²) in [5.41, 5.74) is 0. The highest BCUT2D eigenvalue weighted by Crippen LogP contribution is 2.40. The summed E-state index contributed by atoms with van der Waals surface area (Å²) in [7, 11) is 0. The number of carbonyl (C=O) groups is 3. The number of carboxylic acid groups (broad SMARTS) is 1. The van der Waals surface area contributed by atoms with Crippen molar-refractivity contribution < 1.29 is 19.5 Å². The number of piperidine rings is 1. The van der Waals surface area contributed by atoms with E-state index in [-0.39, 0.29) is 42.9 Å². The summed E-state index contributed by atoms with van der Waals surface area (Å²) < 4.78 is 0. The number of piperazine rings is 1. The smallest absolute Gasteiger partial charge is 0.321 e. The highest BCUT2D eigenvalue weighted by molar-refractivity contribution is 5.85. The second kappa shape index (κ2) is 5.54. The van der Waals surface area contributed by atoms with Crippen LogP contribution in [0.3, 0.4) is 0 Å². The SMILES string of the molecule is O=C(O)CC1CC2CCC(C1)N2C(=O)N1CCNC(=O)C1. The monoisotopic (exact) mass is 295 g/mol. The van der Waals surface area contributed by atoms with E-state index in [0.717, 1.165) is 25.7 Å². The average molecular weight is 295 g/mol. The molecule has 3 aliphatic heterocycles. The first-order valence-corrected chi connectivity index (χ1v) is 7.60. The van der Waals surface area contributed by atoms with Gasteiger partial charge in [-0.2, -0.15) is 0 Å². The summed E-state index contributed by atoms with van der Waals surface area (Å²) in [5.74, 6) is -0.691. The molecule has 0 aromatic carbocycles. The quantitative estimate of drug-likeness (QED) is 0.764. The number of fused-ring (bicyclic) bond motifs is 2. The molecule has 2 bridgehead atoms. The van der Waals surface area contributed by atoms with Gasteiger partial charge in [0.1, 0.15) is 6.54 Å². The molecule has 0 radical (unpaired) electrons. The molecule has 116 valence electrons. The molecule has 3 fully saturated rings. The maximum absolute atomic E-state index is 12.6. The summed E-state index contributed by atoms with van der Waals surface area (Å²) in [6.07, 6.45) is 3.64. The third-order valence-corrected chi connectivity index (χ3v) is 4.82. The minimum absolute atomic E-state index is 0.0499. The van der Waals surface area contributed by atoms with Crippen molar-refractivity contribution in [1.82, 2.24) is 15.1 Å². The van der Waals surface area contributed by atoms with Gasteiger partial charge in [-0.05, 0) is 31.6 Å². The van der Waals surface area contributed by atoms with Gasteiger partial charge in [-0.3, -0.25) is 9.59 Å². The van der Waals surface area contributed by atoms with Crippen LogP contribution < -0.4 is 5.32 Å². The summed E-state index contributed by atoms with van der Waals surface area (Å²) in [5, 5.41) is 11.7. The van der Waals surface area contributed by atoms with Crippen LogP contribution in [0.1, 0.15) is 32.1 Å². The maximum atomic E-state index is 12.6. The van der Waals surface area contributed by atoms with E-state index >= 15 is 0 Å². The molecular weight excluding hydrogens is 274 g/mol. The van der Waals surface area contributed by atoms with Crippen LogP contribution in [0.25, 0.3) is 0 Å². The predicted molar refractivity (Wildman–Crippen MR) is 73.6 cm³/mol. The van der Waals surface area contributed by atoms with Gasteiger partial charge in [0, 0.05) is 31.6 Å². The molecular formula is C14H21N3O4. The van der Waals surface area contributed by atoms with Crippen LogP contribution in [0.15, 0.2) is 0 Å². The van der Waals surface area contributed by atoms with E-state index in [1.165, 1.54) is 0 Å². The van der Waals surface area contributed by atoms with Gasteiger partial charge in [0.15, 0.2) is 0 Å². The number of amides is 3. The average Bonchev–Trinajstić information content (AvgIpc) is 2.69. The zero-order valence-corrected chi connectivity index (χ0v) is 12.0. The molecule has 0 aliphatic carbocycles. The van der Waals surface area contributed by atoms with Crippen molar-refractivity contribution in [3.05, 3.63) is 0 Å². The van der Waals surface area contributed by atoms with Crippen LogP contribution in [0.5, 0.6) is 0 Å². The number of hydrogen-bond donors (Lipinski definition) is 2. The minimum Gasteiger partial charge on any atom is -0.481 e. The number of urea groups is 1. The summed E-state index contributed by atoms with van der Waals surface area (Å²) in [6, 6.07) is 0.238. The Morgan fingerprint density at radius 2 is 1.90 bits per heavy atom. The molecule has 21 heavy (non-hydrogen) atoms. The molecule has 2 atom stereocenters. The lowest BCUT2D eigenvalue weighted by Crippen LogP contribution is -2.57. The van der Waals surface area contributed by atoms with E-state index in [2.05, 4.69) is 5.32 Å². The highest BCUT2D eigenvalue weighted by Gasteiger charge is 2.45. The Bertz CT molecular complexity index is 453. The van der Waals surface area contributed by atoms with E-state index < -0.39 is 5.97 Å². The standard InChI is InChI=1S/C14H21N3O4/c18-12-8-16(4-3-15-12)14(21)17-10-1-2-11(17)6-9(5-10)7-13(19)20/h9-11H,1-8H2,(H,15,18)(H,19,20). The Kier molecular flexibility index (Phi) is 3.73. The summed E-state index contributed by atoms with van der Waals surface area (Å²) in [4.78, 5) is 38.5. The van der Waals surface area contributed by atoms with E-state index in [0.29, 0.717) is 13.1 Å². The molecule has 7 nitrogen and oxygen atoms in total. The van der Waals surface area contributed by atoms with Crippen molar-refractivity contribution in [3.63, 3.8) is 0 Å². The lowest BCUT2D eigenvalue weighted by atomic mass is 9.88. The molecule has 7 heteroatoms. The molecule has 2 unspecified atom stereocenters. The van der Waals surface area contributed by atoms with Crippen LogP contribution >= 0.6 is 0 Å². The number of aliphatic carboxylic acids is 1. The Labute approximate surface area is 123 Å². The molecule has 0 saturated carbocycles. The molecule has 3 saturated heterocycles. The lowest BCUT2D eigenvalue weighted by molar-refractivity contribution is -0.138. The second-order valence-electron chi connectivity index (χ2n) is 6.28. The van der Waals surface area contributed by atoms with Gasteiger partial charge in [-0.25, -0.2) is 4.79 Å². The molecule has 2 N–H and O–H groups in total. The Morgan fingerprint density at radius 3 is 2.48 bits per heavy atom. The minimum atomic E-state index is -0.758. The van der Waals surface area contributed by atoms with Crippen molar-refractivity contribution in [2.45, 2.75) is 44.2 Å². The first-order chi connectivity index (χ1) is 10.0. The fourth-order valence-corrected chi connectivity index (χ4v) is 3.98. The van der Waals surface area contributed by atoms with Gasteiger partial charge in [0.25, 0.3) is 0 Å². The Morgan fingerprint density at radius 1 is 1.24 bits per heavy atom. The van der Waals surface area contributed by atoms with Crippen LogP contribution in [0.4, 0.5) is 4.79 Å². The van der Waals surface area contributed by atoms with Crippen LogP contribution in [0.2, 0.25) is 0 Å². The summed E-state index contributed by atoms with van der Waals surface area (Å²) in [6.45, 7) is 1.20. The lowest BCUT2D eigenvalue weighted by Gasteiger charge is -2.41. The van der Waals surface area contributed by atoms with Crippen molar-refractivity contribution >= 4 is 17.9 Å². The van der Waals surface area contributed by atoms with Gasteiger partial charge >= 0.3 is 12.0 Å². The fourth-order valence-electron chi connectivity index (χ4n) is 3.98. The number of nitrogens with zero attached hydrogens (tertiary/aromatic N) is 2. The maximum Gasteiger partial charge on any atom is 0.321 e. The number of nitrogens with one attached hydrogen (secondary N) is 1. The topological polar surface area (TPSA) is 89.9 Å². The number of carbonyl (C=O) groups excluding carboxylic acids is 2. The first kappa shape index (κ1) is 14.2. The van der Waals surface area contributed by atoms with Crippen LogP contribution in [-0.2, 0) is 9.59 Å². The molecule has 0 spiro atoms. The Balaban J connectivity index is 1.66. The fraction of sp³-hybridized carbons (Fsp3) is 0.786. The number of hydrogen-bond acceptors (Lipinski definition) is 3. The second-order valence-corrected chi connectivity index (χ2v) is 6.28. The van der Waals surface area contributed by atoms with E-state index in [1.807, 2.05) is 4.90 Å². The molecule has 0 aromatic heterocycles. The number of rotatable bonds is 2. The van der Waals surface area contributed by atoms with Crippen LogP contribution in [0, 0.1) is 5.92 Å². The molecule has 3 heterocycles. The third-order valence-electron chi connectivity index (χ3n) is 4.82. The highest BCUT2D eigenvalue weighted by atomic mass is 16.4. The van der Waals surface area contributed by atoms with E-state index in [4.69, 9.17) is 5.11 Å². The third kappa shape index (κ3) is 2.82. The molecule has 3 amide bonds. The van der Waals surface area contributed by atoms with Crippen molar-refractivity contribution in [3.8, 4) is 0 Å². The van der Waals surface area contributed by atoms with Crippen molar-refractivity contribution in [2.24, 2.45) is 5.92 Å². The van der Waals surface area contributed by atoms with Gasteiger partial charge in [0.05, 0.1) is 0 Å². The van der Waals surface area contributed by atoms with Gasteiger partial charge < -0.3 is 20.2 Å². The van der Waals surface area contributed by atoms with Crippen molar-refractivity contribution in [1.29, 1.82) is 0 Å². The Hall–Kier alpha value is -1.79. The van der Waals surface area contributed by atoms with E-state index in [1.54, 1.807) is 4.90 Å². The molecule has 0 aromatic rings. The zero-order chi connectivity index (χ0) is 15.0. The molecule has 3 rings (SSSR count). The zero-order valence-electron chi connectivity index (χ0n) is 12.0. The van der Waals surface area contributed by atoms with Gasteiger partial charge in [-0.1, -0.05) is 0 Å². The first-order valence-electron chi connectivity index (χ1n) is 7.60. The number of carboxylic acids is 1. The van der Waals surface area contributed by atoms with Gasteiger partial charge in [-0.15, -0.1) is 0 Å². The normalized spacial score (nSPS) is 32.0. The largest absolute Gasteiger partial charge is 0.481 e. The van der Waals surface area contributed by atoms with Crippen molar-refractivity contribution in [2.75, 3.05) is 19.6 Å². The predicted octanol–water partition coefficient (Wildman–Crippen LogP) is 0.256. The van der Waals surface area contributed by atoms with Gasteiger partial charge in [0.2, 0.25) is 5.91 Å².